The Morgan fingerprint density at radius 2 is 2.08 bits per heavy atom. The smallest absolute Gasteiger partial charge is 0.143 e. The third-order valence-electron chi connectivity index (χ3n) is 7.32. The molecule has 1 aliphatic heterocycles. The van der Waals surface area contributed by atoms with Gasteiger partial charge in [0.15, 0.2) is 0 Å². The first-order chi connectivity index (χ1) is 17.7. The number of nitriles is 1. The maximum absolute atomic E-state index is 13.9. The molecule has 1 fully saturated rings. The van der Waals surface area contributed by atoms with E-state index in [0.29, 0.717) is 17.2 Å². The highest BCUT2D eigenvalue weighted by Gasteiger charge is 2.27. The lowest BCUT2D eigenvalue weighted by molar-refractivity contribution is 0.220. The fourth-order valence-electron chi connectivity index (χ4n) is 5.01. The van der Waals surface area contributed by atoms with Gasteiger partial charge in [0.2, 0.25) is 0 Å². The number of allylic oxidation sites excluding steroid dienone is 1. The van der Waals surface area contributed by atoms with Gasteiger partial charge in [-0.25, -0.2) is 14.4 Å². The number of likely N-dealkylation sites (tertiary alicyclic amines) is 1. The average Bonchev–Trinajstić information content (AvgIpc) is 3.30. The SMILES string of the molecule is C=CN=C(N)/C(C#N)=C(\C)N1CCC(c2nc(-c3ccc(F)c(C)c3)cn2CCN(CC)C(C)C)CC1. The normalized spacial score (nSPS) is 15.8. The Morgan fingerprint density at radius 3 is 2.65 bits per heavy atom. The molecule has 0 radical (unpaired) electrons. The summed E-state index contributed by atoms with van der Waals surface area (Å²) in [6, 6.07) is 7.86. The summed E-state index contributed by atoms with van der Waals surface area (Å²) < 4.78 is 16.2. The van der Waals surface area contributed by atoms with Crippen LogP contribution >= 0.6 is 0 Å². The van der Waals surface area contributed by atoms with Crippen LogP contribution in [0.3, 0.4) is 0 Å². The van der Waals surface area contributed by atoms with Gasteiger partial charge in [0.25, 0.3) is 0 Å². The molecule has 0 saturated carbocycles. The summed E-state index contributed by atoms with van der Waals surface area (Å²) in [5.41, 5.74) is 9.64. The van der Waals surface area contributed by atoms with Crippen LogP contribution in [0.1, 0.15) is 57.8 Å². The quantitative estimate of drug-likeness (QED) is 0.272. The maximum atomic E-state index is 13.9. The summed E-state index contributed by atoms with van der Waals surface area (Å²) in [4.78, 5) is 13.7. The van der Waals surface area contributed by atoms with Gasteiger partial charge < -0.3 is 15.2 Å². The number of benzene rings is 1. The molecule has 7 nitrogen and oxygen atoms in total. The van der Waals surface area contributed by atoms with E-state index in [1.807, 2.05) is 13.0 Å². The van der Waals surface area contributed by atoms with Gasteiger partial charge >= 0.3 is 0 Å². The number of hydrogen-bond donors (Lipinski definition) is 1. The van der Waals surface area contributed by atoms with Gasteiger partial charge in [-0.05, 0) is 70.8 Å². The molecular weight excluding hydrogens is 465 g/mol. The molecule has 0 bridgehead atoms. The monoisotopic (exact) mass is 505 g/mol. The van der Waals surface area contributed by atoms with Gasteiger partial charge in [0.05, 0.1) is 5.69 Å². The molecule has 1 aromatic carbocycles. The van der Waals surface area contributed by atoms with Crippen LogP contribution in [-0.4, -0.2) is 57.4 Å². The molecule has 0 atom stereocenters. The lowest BCUT2D eigenvalue weighted by Gasteiger charge is -2.34. The number of piperidine rings is 1. The molecule has 0 spiro atoms. The van der Waals surface area contributed by atoms with Crippen molar-refractivity contribution in [3.8, 4) is 17.3 Å². The Morgan fingerprint density at radius 1 is 1.38 bits per heavy atom. The molecule has 0 unspecified atom stereocenters. The van der Waals surface area contributed by atoms with Crippen LogP contribution in [0.5, 0.6) is 0 Å². The molecular formula is C29H40FN7. The van der Waals surface area contributed by atoms with Crippen molar-refractivity contribution in [2.45, 2.75) is 66.0 Å². The molecule has 1 aliphatic rings. The van der Waals surface area contributed by atoms with Crippen molar-refractivity contribution in [1.29, 1.82) is 5.26 Å². The number of aromatic nitrogens is 2. The molecule has 3 rings (SSSR count). The molecule has 198 valence electrons. The van der Waals surface area contributed by atoms with Crippen molar-refractivity contribution in [3.63, 3.8) is 0 Å². The van der Waals surface area contributed by atoms with Crippen molar-refractivity contribution < 1.29 is 4.39 Å². The zero-order chi connectivity index (χ0) is 27.1. The van der Waals surface area contributed by atoms with E-state index >= 15 is 0 Å². The Labute approximate surface area is 220 Å². The number of halogens is 1. The number of aryl methyl sites for hydroxylation is 1. The molecule has 0 aliphatic carbocycles. The number of hydrogen-bond acceptors (Lipinski definition) is 5. The fourth-order valence-corrected chi connectivity index (χ4v) is 5.01. The van der Waals surface area contributed by atoms with Crippen LogP contribution in [0.15, 0.2) is 53.4 Å². The highest BCUT2D eigenvalue weighted by atomic mass is 19.1. The maximum Gasteiger partial charge on any atom is 0.143 e. The highest BCUT2D eigenvalue weighted by Crippen LogP contribution is 2.32. The van der Waals surface area contributed by atoms with Crippen LogP contribution in [0.4, 0.5) is 4.39 Å². The summed E-state index contributed by atoms with van der Waals surface area (Å²) in [7, 11) is 0. The lowest BCUT2D eigenvalue weighted by Crippen LogP contribution is -2.35. The van der Waals surface area contributed by atoms with E-state index in [0.717, 1.165) is 68.3 Å². The van der Waals surface area contributed by atoms with Crippen molar-refractivity contribution in [2.24, 2.45) is 10.7 Å². The topological polar surface area (TPSA) is 86.5 Å². The number of aliphatic imine (C=N–C) groups is 1. The van der Waals surface area contributed by atoms with Gasteiger partial charge in [0, 0.05) is 61.8 Å². The van der Waals surface area contributed by atoms with Gasteiger partial charge in [-0.1, -0.05) is 13.5 Å². The summed E-state index contributed by atoms with van der Waals surface area (Å²) >= 11 is 0. The van der Waals surface area contributed by atoms with Gasteiger partial charge in [-0.3, -0.25) is 4.90 Å². The minimum atomic E-state index is -0.203. The van der Waals surface area contributed by atoms with Crippen molar-refractivity contribution in [2.75, 3.05) is 26.2 Å². The molecule has 2 heterocycles. The summed E-state index contributed by atoms with van der Waals surface area (Å²) in [5, 5.41) is 9.63. The summed E-state index contributed by atoms with van der Waals surface area (Å²) in [5.74, 6) is 1.35. The Balaban J connectivity index is 1.87. The Bertz CT molecular complexity index is 1190. The van der Waals surface area contributed by atoms with E-state index < -0.39 is 0 Å². The molecule has 0 amide bonds. The number of likely N-dealkylation sites (N-methyl/N-ethyl adjacent to an activating group) is 1. The van der Waals surface area contributed by atoms with Crippen molar-refractivity contribution in [3.05, 3.63) is 65.7 Å². The first kappa shape index (κ1) is 28.1. The summed E-state index contributed by atoms with van der Waals surface area (Å²) in [6.45, 7) is 18.3. The predicted octanol–water partition coefficient (Wildman–Crippen LogP) is 5.21. The zero-order valence-corrected chi connectivity index (χ0v) is 22.8. The minimum absolute atomic E-state index is 0.192. The van der Waals surface area contributed by atoms with E-state index in [1.165, 1.54) is 12.3 Å². The van der Waals surface area contributed by atoms with Gasteiger partial charge in [-0.15, -0.1) is 0 Å². The number of nitrogens with zero attached hydrogens (tertiary/aromatic N) is 6. The first-order valence-corrected chi connectivity index (χ1v) is 13.1. The van der Waals surface area contributed by atoms with Crippen LogP contribution in [-0.2, 0) is 6.54 Å². The summed E-state index contributed by atoms with van der Waals surface area (Å²) in [6.07, 6.45) is 5.29. The van der Waals surface area contributed by atoms with Crippen LogP contribution in [0, 0.1) is 24.1 Å². The van der Waals surface area contributed by atoms with E-state index in [1.54, 1.807) is 13.0 Å². The van der Waals surface area contributed by atoms with E-state index in [2.05, 4.69) is 59.0 Å². The third kappa shape index (κ3) is 6.66. The second-order valence-electron chi connectivity index (χ2n) is 9.89. The van der Waals surface area contributed by atoms with Gasteiger partial charge in [0.1, 0.15) is 29.1 Å². The molecule has 8 heteroatoms. The number of amidine groups is 1. The second-order valence-corrected chi connectivity index (χ2v) is 9.89. The highest BCUT2D eigenvalue weighted by molar-refractivity contribution is 6.01. The van der Waals surface area contributed by atoms with Crippen LogP contribution < -0.4 is 5.73 Å². The molecule has 37 heavy (non-hydrogen) atoms. The van der Waals surface area contributed by atoms with Crippen molar-refractivity contribution in [1.82, 2.24) is 19.4 Å². The first-order valence-electron chi connectivity index (χ1n) is 13.1. The van der Waals surface area contributed by atoms with Gasteiger partial charge in [-0.2, -0.15) is 5.26 Å². The van der Waals surface area contributed by atoms with Crippen molar-refractivity contribution >= 4 is 5.84 Å². The van der Waals surface area contributed by atoms with E-state index in [-0.39, 0.29) is 17.6 Å². The molecule has 1 saturated heterocycles. The molecule has 2 aromatic rings. The third-order valence-corrected chi connectivity index (χ3v) is 7.32. The molecule has 1 aromatic heterocycles. The number of nitrogens with two attached hydrogens (primary N) is 1. The van der Waals surface area contributed by atoms with Crippen LogP contribution in [0.25, 0.3) is 11.3 Å². The second kappa shape index (κ2) is 12.7. The number of imidazole rings is 1. The van der Waals surface area contributed by atoms with Crippen LogP contribution in [0.2, 0.25) is 0 Å². The standard InChI is InChI=1S/C29H40FN7/c1-7-33-28(32)25(18-31)22(6)36-13-11-23(12-14-36)29-34-27(24-9-10-26(30)21(5)17-24)19-37(29)16-15-35(8-2)20(3)4/h7,9-10,17,19-20,23H,1,8,11-16H2,2-6H3,(H2,32,33)/b25-22+. The van der Waals surface area contributed by atoms with E-state index in [4.69, 9.17) is 10.7 Å². The zero-order valence-electron chi connectivity index (χ0n) is 22.8. The predicted molar refractivity (Wildman–Crippen MR) is 148 cm³/mol. The average molecular weight is 506 g/mol. The van der Waals surface area contributed by atoms with E-state index in [9.17, 15) is 9.65 Å². The Kier molecular flexibility index (Phi) is 9.65. The Hall–Kier alpha value is -3.44. The number of rotatable bonds is 10. The lowest BCUT2D eigenvalue weighted by atomic mass is 9.95. The largest absolute Gasteiger partial charge is 0.383 e. The minimum Gasteiger partial charge on any atom is -0.383 e. The molecule has 2 N–H and O–H groups in total. The fraction of sp³-hybridized carbons (Fsp3) is 0.483.